The van der Waals surface area contributed by atoms with Crippen LogP contribution in [0.3, 0.4) is 0 Å². The molecule has 0 N–H and O–H groups in total. The predicted octanol–water partition coefficient (Wildman–Crippen LogP) is 9.83. The second-order valence-corrected chi connectivity index (χ2v) is 12.2. The average molecular weight is 721 g/mol. The third-order valence-corrected chi connectivity index (χ3v) is 8.21. The summed E-state index contributed by atoms with van der Waals surface area (Å²) < 4.78 is 36.2. The number of ether oxygens (including phenoxy) is 6. The Morgan fingerprint density at radius 1 is 0.500 bits per heavy atom. The molecule has 6 rings (SSSR count). The summed E-state index contributed by atoms with van der Waals surface area (Å²) >= 11 is 0. The molecule has 0 bridgehead atoms. The van der Waals surface area contributed by atoms with Crippen molar-refractivity contribution in [2.75, 3.05) is 7.11 Å². The van der Waals surface area contributed by atoms with Gasteiger partial charge in [-0.25, -0.2) is 0 Å². The number of carbonyl (C=O) groups is 2. The maximum atomic E-state index is 14.2. The first kappa shape index (κ1) is 37.0. The standard InChI is InChI=1S/C46H40O8/c1-33(47)54-45-27-39(50-29-34-15-7-3-8-16-34)26-44(53-32-37-21-13-6-14-22-37)46(45)40(48)24-23-38-25-42(49-2)43(52-31-36-19-11-5-12-20-36)28-41(38)51-30-35-17-9-4-10-18-35/h3-28H,29-32H2,1-2H3/b24-23+. The van der Waals surface area contributed by atoms with Crippen LogP contribution in [0.1, 0.15) is 45.1 Å². The van der Waals surface area contributed by atoms with E-state index in [4.69, 9.17) is 28.4 Å². The van der Waals surface area contributed by atoms with E-state index in [-0.39, 0.29) is 36.9 Å². The van der Waals surface area contributed by atoms with E-state index in [9.17, 15) is 9.59 Å². The van der Waals surface area contributed by atoms with Gasteiger partial charge in [0, 0.05) is 30.7 Å². The number of allylic oxidation sites excluding steroid dienone is 1. The van der Waals surface area contributed by atoms with Gasteiger partial charge in [-0.15, -0.1) is 0 Å². The highest BCUT2D eigenvalue weighted by molar-refractivity contribution is 6.11. The van der Waals surface area contributed by atoms with Crippen LogP contribution < -0.4 is 28.4 Å². The molecule has 0 saturated heterocycles. The minimum atomic E-state index is -0.602. The minimum Gasteiger partial charge on any atom is -0.493 e. The first-order valence-electron chi connectivity index (χ1n) is 17.4. The van der Waals surface area contributed by atoms with Gasteiger partial charge in [-0.05, 0) is 40.5 Å². The summed E-state index contributed by atoms with van der Waals surface area (Å²) in [6, 6.07) is 45.4. The molecule has 0 aliphatic rings. The normalized spacial score (nSPS) is 10.8. The molecule has 0 fully saturated rings. The molecule has 0 spiro atoms. The zero-order valence-corrected chi connectivity index (χ0v) is 30.1. The first-order chi connectivity index (χ1) is 26.4. The molecule has 0 aromatic heterocycles. The van der Waals surface area contributed by atoms with Crippen molar-refractivity contribution in [3.63, 3.8) is 0 Å². The van der Waals surface area contributed by atoms with Gasteiger partial charge in [0.25, 0.3) is 0 Å². The smallest absolute Gasteiger partial charge is 0.308 e. The zero-order valence-electron chi connectivity index (χ0n) is 30.1. The fourth-order valence-corrected chi connectivity index (χ4v) is 5.52. The Morgan fingerprint density at radius 3 is 1.43 bits per heavy atom. The van der Waals surface area contributed by atoms with Crippen molar-refractivity contribution in [2.24, 2.45) is 0 Å². The third kappa shape index (κ3) is 10.4. The summed E-state index contributed by atoms with van der Waals surface area (Å²) in [5.41, 5.74) is 4.41. The van der Waals surface area contributed by atoms with E-state index < -0.39 is 11.8 Å². The zero-order chi connectivity index (χ0) is 37.5. The molecule has 0 saturated carbocycles. The summed E-state index contributed by atoms with van der Waals surface area (Å²) in [5.74, 6) is 0.899. The second-order valence-electron chi connectivity index (χ2n) is 12.2. The molecule has 0 heterocycles. The van der Waals surface area contributed by atoms with E-state index in [1.807, 2.05) is 121 Å². The van der Waals surface area contributed by atoms with Crippen LogP contribution in [0.5, 0.6) is 34.5 Å². The van der Waals surface area contributed by atoms with Gasteiger partial charge in [-0.2, -0.15) is 0 Å². The largest absolute Gasteiger partial charge is 0.493 e. The molecule has 0 aliphatic heterocycles. The molecule has 0 amide bonds. The van der Waals surface area contributed by atoms with Gasteiger partial charge in [0.1, 0.15) is 55.0 Å². The highest BCUT2D eigenvalue weighted by atomic mass is 16.5. The Balaban J connectivity index is 1.35. The van der Waals surface area contributed by atoms with Gasteiger partial charge in [-0.1, -0.05) is 121 Å². The third-order valence-electron chi connectivity index (χ3n) is 8.21. The van der Waals surface area contributed by atoms with Crippen molar-refractivity contribution < 1.29 is 38.0 Å². The number of hydrogen-bond acceptors (Lipinski definition) is 8. The first-order valence-corrected chi connectivity index (χ1v) is 17.4. The summed E-state index contributed by atoms with van der Waals surface area (Å²) in [4.78, 5) is 26.6. The summed E-state index contributed by atoms with van der Waals surface area (Å²) in [6.45, 7) is 2.28. The van der Waals surface area contributed by atoms with E-state index in [0.29, 0.717) is 35.2 Å². The number of esters is 1. The van der Waals surface area contributed by atoms with Crippen LogP contribution in [0.2, 0.25) is 0 Å². The van der Waals surface area contributed by atoms with Crippen LogP contribution in [0, 0.1) is 0 Å². The molecule has 8 nitrogen and oxygen atoms in total. The maximum absolute atomic E-state index is 14.2. The highest BCUT2D eigenvalue weighted by Crippen LogP contribution is 2.39. The molecule has 54 heavy (non-hydrogen) atoms. The molecule has 8 heteroatoms. The molecule has 0 unspecified atom stereocenters. The number of rotatable bonds is 17. The number of carbonyl (C=O) groups excluding carboxylic acids is 2. The molecule has 6 aromatic rings. The lowest BCUT2D eigenvalue weighted by Gasteiger charge is -2.17. The molecule has 0 radical (unpaired) electrons. The van der Waals surface area contributed by atoms with Crippen LogP contribution in [0.25, 0.3) is 6.08 Å². The lowest BCUT2D eigenvalue weighted by molar-refractivity contribution is -0.131. The Bertz CT molecular complexity index is 2170. The van der Waals surface area contributed by atoms with Crippen LogP contribution in [-0.2, 0) is 31.2 Å². The Labute approximate surface area is 315 Å². The topological polar surface area (TPSA) is 89.5 Å². The van der Waals surface area contributed by atoms with Crippen LogP contribution in [-0.4, -0.2) is 18.9 Å². The maximum Gasteiger partial charge on any atom is 0.308 e. The van der Waals surface area contributed by atoms with Crippen molar-refractivity contribution in [1.29, 1.82) is 0 Å². The number of ketones is 1. The molecule has 6 aromatic carbocycles. The summed E-state index contributed by atoms with van der Waals surface area (Å²) in [7, 11) is 1.55. The van der Waals surface area contributed by atoms with E-state index in [0.717, 1.165) is 22.3 Å². The van der Waals surface area contributed by atoms with Gasteiger partial charge in [-0.3, -0.25) is 9.59 Å². The highest BCUT2D eigenvalue weighted by Gasteiger charge is 2.22. The fraction of sp³-hybridized carbons (Fsp3) is 0.130. The van der Waals surface area contributed by atoms with E-state index in [1.165, 1.54) is 19.1 Å². The second kappa shape index (κ2) is 18.6. The Morgan fingerprint density at radius 2 is 0.944 bits per heavy atom. The van der Waals surface area contributed by atoms with Gasteiger partial charge >= 0.3 is 5.97 Å². The number of hydrogen-bond donors (Lipinski definition) is 0. The van der Waals surface area contributed by atoms with Crippen molar-refractivity contribution in [3.8, 4) is 34.5 Å². The van der Waals surface area contributed by atoms with Crippen LogP contribution >= 0.6 is 0 Å². The molecular formula is C46H40O8. The summed E-state index contributed by atoms with van der Waals surface area (Å²) in [6.07, 6.45) is 3.02. The van der Waals surface area contributed by atoms with Crippen molar-refractivity contribution in [3.05, 3.63) is 185 Å². The quantitative estimate of drug-likeness (QED) is 0.0398. The predicted molar refractivity (Wildman–Crippen MR) is 207 cm³/mol. The van der Waals surface area contributed by atoms with Gasteiger partial charge in [0.2, 0.25) is 0 Å². The molecule has 0 aliphatic carbocycles. The average Bonchev–Trinajstić information content (AvgIpc) is 3.21. The van der Waals surface area contributed by atoms with Crippen molar-refractivity contribution >= 4 is 17.8 Å². The van der Waals surface area contributed by atoms with Crippen LogP contribution in [0.4, 0.5) is 0 Å². The van der Waals surface area contributed by atoms with Gasteiger partial charge < -0.3 is 28.4 Å². The van der Waals surface area contributed by atoms with Crippen molar-refractivity contribution in [2.45, 2.75) is 33.4 Å². The molecule has 272 valence electrons. The van der Waals surface area contributed by atoms with Crippen LogP contribution in [0.15, 0.2) is 152 Å². The molecular weight excluding hydrogens is 680 g/mol. The number of methoxy groups -OCH3 is 1. The van der Waals surface area contributed by atoms with E-state index >= 15 is 0 Å². The Kier molecular flexibility index (Phi) is 12.7. The van der Waals surface area contributed by atoms with E-state index in [2.05, 4.69) is 0 Å². The lowest BCUT2D eigenvalue weighted by Crippen LogP contribution is -2.10. The van der Waals surface area contributed by atoms with Crippen molar-refractivity contribution in [1.82, 2.24) is 0 Å². The Hall–Kier alpha value is -6.80. The lowest BCUT2D eigenvalue weighted by atomic mass is 10.0. The summed E-state index contributed by atoms with van der Waals surface area (Å²) in [5, 5.41) is 0. The number of benzene rings is 6. The minimum absolute atomic E-state index is 0.00793. The fourth-order valence-electron chi connectivity index (χ4n) is 5.52. The SMILES string of the molecule is COc1cc(/C=C/C(=O)c2c(OCc3ccccc3)cc(OCc3ccccc3)cc2OC(C)=O)c(OCc2ccccc2)cc1OCc1ccccc1. The molecule has 0 atom stereocenters. The van der Waals surface area contributed by atoms with Gasteiger partial charge in [0.05, 0.1) is 7.11 Å². The van der Waals surface area contributed by atoms with Gasteiger partial charge in [0.15, 0.2) is 17.3 Å². The monoisotopic (exact) mass is 720 g/mol. The van der Waals surface area contributed by atoms with E-state index in [1.54, 1.807) is 31.4 Å².